The molecule has 0 spiro atoms. The molecular weight excluding hydrogens is 444 g/mol. The molecule has 0 fully saturated rings. The van der Waals surface area contributed by atoms with Crippen LogP contribution < -0.4 is 9.47 Å². The van der Waals surface area contributed by atoms with Gasteiger partial charge in [-0.25, -0.2) is 0 Å². The number of hydrogen-bond acceptors (Lipinski definition) is 5. The first-order valence-electron chi connectivity index (χ1n) is 11.8. The van der Waals surface area contributed by atoms with E-state index >= 15 is 0 Å². The topological polar surface area (TPSA) is 96.2 Å². The summed E-state index contributed by atoms with van der Waals surface area (Å²) in [5, 5.41) is 28.5. The summed E-state index contributed by atoms with van der Waals surface area (Å²) in [7, 11) is 1.58. The van der Waals surface area contributed by atoms with Gasteiger partial charge in [-0.1, -0.05) is 43.7 Å². The minimum Gasteiger partial charge on any atom is -0.508 e. The molecule has 0 aliphatic carbocycles. The number of carboxylic acids is 1. The highest BCUT2D eigenvalue weighted by molar-refractivity contribution is 5.99. The van der Waals surface area contributed by atoms with E-state index in [1.165, 1.54) is 0 Å². The van der Waals surface area contributed by atoms with Gasteiger partial charge in [-0.05, 0) is 83.5 Å². The Labute approximate surface area is 206 Å². The van der Waals surface area contributed by atoms with Crippen LogP contribution in [0.3, 0.4) is 0 Å². The van der Waals surface area contributed by atoms with Crippen LogP contribution in [0.25, 0.3) is 11.1 Å². The molecule has 0 heterocycles. The van der Waals surface area contributed by atoms with Crippen LogP contribution >= 0.6 is 0 Å². The molecule has 0 aromatic heterocycles. The number of allylic oxidation sites excluding steroid dienone is 1. The number of phenolic OH excluding ortho intramolecular Hbond substituents is 2. The van der Waals surface area contributed by atoms with E-state index in [4.69, 9.17) is 14.6 Å². The average Bonchev–Trinajstić information content (AvgIpc) is 2.86. The van der Waals surface area contributed by atoms with Crippen LogP contribution in [0.5, 0.6) is 23.0 Å². The van der Waals surface area contributed by atoms with Crippen molar-refractivity contribution in [2.45, 2.75) is 39.0 Å². The lowest BCUT2D eigenvalue weighted by molar-refractivity contribution is -0.137. The molecule has 3 N–H and O–H groups in total. The number of carboxylic acid groups (broad SMARTS) is 1. The molecule has 0 saturated carbocycles. The van der Waals surface area contributed by atoms with Gasteiger partial charge in [0.15, 0.2) is 11.5 Å². The van der Waals surface area contributed by atoms with E-state index in [-0.39, 0.29) is 24.5 Å². The van der Waals surface area contributed by atoms with Crippen molar-refractivity contribution in [2.24, 2.45) is 0 Å². The molecule has 0 radical (unpaired) electrons. The predicted octanol–water partition coefficient (Wildman–Crippen LogP) is 6.50. The SMILES string of the molecule is CCCCC(=C(c1ccc(O)cc1)c1ccc(O)cc1)c1ccc(OCCCC(=O)O)c(OC)c1. The summed E-state index contributed by atoms with van der Waals surface area (Å²) in [5.74, 6) is 0.674. The van der Waals surface area contributed by atoms with Gasteiger partial charge in [-0.3, -0.25) is 4.79 Å². The maximum absolute atomic E-state index is 10.8. The molecule has 3 rings (SSSR count). The van der Waals surface area contributed by atoms with Crippen LogP contribution in [0.4, 0.5) is 0 Å². The molecule has 0 unspecified atom stereocenters. The molecular formula is C29H32O6. The lowest BCUT2D eigenvalue weighted by Crippen LogP contribution is -2.03. The highest BCUT2D eigenvalue weighted by atomic mass is 16.5. The molecule has 0 saturated heterocycles. The van der Waals surface area contributed by atoms with Crippen LogP contribution in [-0.2, 0) is 4.79 Å². The second-order valence-electron chi connectivity index (χ2n) is 8.26. The van der Waals surface area contributed by atoms with Crippen molar-refractivity contribution in [1.29, 1.82) is 0 Å². The Morgan fingerprint density at radius 2 is 1.34 bits per heavy atom. The van der Waals surface area contributed by atoms with Gasteiger partial charge < -0.3 is 24.8 Å². The normalized spacial score (nSPS) is 10.6. The number of aromatic hydroxyl groups is 2. The Morgan fingerprint density at radius 3 is 1.86 bits per heavy atom. The Balaban J connectivity index is 2.10. The van der Waals surface area contributed by atoms with Crippen LogP contribution in [0, 0.1) is 0 Å². The van der Waals surface area contributed by atoms with Crippen molar-refractivity contribution in [1.82, 2.24) is 0 Å². The standard InChI is InChI=1S/C29H32O6/c1-3-4-6-25(22-12-17-26(27(19-22)34-2)35-18-5-7-28(32)33)29(20-8-13-23(30)14-9-20)21-10-15-24(31)16-11-21/h8-17,19,30-31H,3-7,18H2,1-2H3,(H,32,33). The Bertz CT molecular complexity index is 1100. The molecule has 184 valence electrons. The first-order chi connectivity index (χ1) is 16.9. The minimum absolute atomic E-state index is 0.0485. The van der Waals surface area contributed by atoms with Gasteiger partial charge in [0.05, 0.1) is 13.7 Å². The second kappa shape index (κ2) is 12.5. The number of unbranched alkanes of at least 4 members (excludes halogenated alkanes) is 1. The fourth-order valence-corrected chi connectivity index (χ4v) is 3.92. The minimum atomic E-state index is -0.849. The number of benzene rings is 3. The van der Waals surface area contributed by atoms with Crippen molar-refractivity contribution in [3.05, 3.63) is 83.4 Å². The Hall–Kier alpha value is -3.93. The van der Waals surface area contributed by atoms with Gasteiger partial charge in [0, 0.05) is 6.42 Å². The number of carbonyl (C=O) groups is 1. The van der Waals surface area contributed by atoms with Gasteiger partial charge in [-0.2, -0.15) is 0 Å². The second-order valence-corrected chi connectivity index (χ2v) is 8.26. The molecule has 0 bridgehead atoms. The van der Waals surface area contributed by atoms with Gasteiger partial charge >= 0.3 is 5.97 Å². The summed E-state index contributed by atoms with van der Waals surface area (Å²) in [6, 6.07) is 20.0. The monoisotopic (exact) mass is 476 g/mol. The molecule has 3 aromatic rings. The molecule has 0 aliphatic rings. The number of phenols is 2. The summed E-state index contributed by atoms with van der Waals surface area (Å²) in [5.41, 5.74) is 5.00. The van der Waals surface area contributed by atoms with Crippen molar-refractivity contribution < 1.29 is 29.6 Å². The van der Waals surface area contributed by atoms with E-state index in [1.807, 2.05) is 42.5 Å². The van der Waals surface area contributed by atoms with Crippen LogP contribution in [0.15, 0.2) is 66.7 Å². The summed E-state index contributed by atoms with van der Waals surface area (Å²) in [6.45, 7) is 2.43. The van der Waals surface area contributed by atoms with E-state index < -0.39 is 5.97 Å². The lowest BCUT2D eigenvalue weighted by Gasteiger charge is -2.19. The van der Waals surface area contributed by atoms with E-state index in [0.717, 1.165) is 47.1 Å². The van der Waals surface area contributed by atoms with Crippen LogP contribution in [0.2, 0.25) is 0 Å². The van der Waals surface area contributed by atoms with Crippen molar-refractivity contribution >= 4 is 17.1 Å². The number of rotatable bonds is 12. The third-order valence-corrected chi connectivity index (χ3v) is 5.70. The third kappa shape index (κ3) is 7.03. The zero-order chi connectivity index (χ0) is 25.2. The van der Waals surface area contributed by atoms with Crippen molar-refractivity contribution in [2.75, 3.05) is 13.7 Å². The number of methoxy groups -OCH3 is 1. The fourth-order valence-electron chi connectivity index (χ4n) is 3.92. The van der Waals surface area contributed by atoms with Crippen molar-refractivity contribution in [3.63, 3.8) is 0 Å². The maximum atomic E-state index is 10.8. The van der Waals surface area contributed by atoms with E-state index in [1.54, 1.807) is 31.4 Å². The molecule has 0 amide bonds. The van der Waals surface area contributed by atoms with E-state index in [0.29, 0.717) is 17.9 Å². The number of ether oxygens (including phenoxy) is 2. The van der Waals surface area contributed by atoms with Gasteiger partial charge in [0.25, 0.3) is 0 Å². The summed E-state index contributed by atoms with van der Waals surface area (Å²) < 4.78 is 11.4. The van der Waals surface area contributed by atoms with Crippen LogP contribution in [-0.4, -0.2) is 35.0 Å². The largest absolute Gasteiger partial charge is 0.508 e. The van der Waals surface area contributed by atoms with E-state index in [2.05, 4.69) is 6.92 Å². The first-order valence-corrected chi connectivity index (χ1v) is 11.8. The smallest absolute Gasteiger partial charge is 0.303 e. The number of aliphatic carboxylic acids is 1. The highest BCUT2D eigenvalue weighted by Gasteiger charge is 2.17. The quantitative estimate of drug-likeness (QED) is 0.204. The molecule has 6 heteroatoms. The number of hydrogen-bond donors (Lipinski definition) is 3. The Kier molecular flexibility index (Phi) is 9.18. The summed E-state index contributed by atoms with van der Waals surface area (Å²) in [4.78, 5) is 10.8. The highest BCUT2D eigenvalue weighted by Crippen LogP contribution is 2.39. The third-order valence-electron chi connectivity index (χ3n) is 5.70. The summed E-state index contributed by atoms with van der Waals surface area (Å²) in [6.07, 6.45) is 3.27. The maximum Gasteiger partial charge on any atom is 0.303 e. The summed E-state index contributed by atoms with van der Waals surface area (Å²) >= 11 is 0. The average molecular weight is 477 g/mol. The van der Waals surface area contributed by atoms with Crippen molar-refractivity contribution in [3.8, 4) is 23.0 Å². The predicted molar refractivity (Wildman–Crippen MR) is 137 cm³/mol. The van der Waals surface area contributed by atoms with Gasteiger partial charge in [-0.15, -0.1) is 0 Å². The van der Waals surface area contributed by atoms with Crippen LogP contribution in [0.1, 0.15) is 55.7 Å². The van der Waals surface area contributed by atoms with Gasteiger partial charge in [0.1, 0.15) is 11.5 Å². The zero-order valence-corrected chi connectivity index (χ0v) is 20.2. The fraction of sp³-hybridized carbons (Fsp3) is 0.276. The van der Waals surface area contributed by atoms with Gasteiger partial charge in [0.2, 0.25) is 0 Å². The Morgan fingerprint density at radius 1 is 0.771 bits per heavy atom. The molecule has 0 atom stereocenters. The molecule has 35 heavy (non-hydrogen) atoms. The van der Waals surface area contributed by atoms with E-state index in [9.17, 15) is 15.0 Å². The molecule has 0 aliphatic heterocycles. The molecule has 6 nitrogen and oxygen atoms in total. The first kappa shape index (κ1) is 25.7. The lowest BCUT2D eigenvalue weighted by atomic mass is 9.87. The molecule has 3 aromatic carbocycles. The zero-order valence-electron chi connectivity index (χ0n) is 20.2.